The van der Waals surface area contributed by atoms with Gasteiger partial charge in [0.1, 0.15) is 11.6 Å². The zero-order valence-electron chi connectivity index (χ0n) is 24.5. The van der Waals surface area contributed by atoms with E-state index >= 15 is 0 Å². The van der Waals surface area contributed by atoms with E-state index in [2.05, 4.69) is 17.1 Å². The maximum Gasteiger partial charge on any atom is 0.251 e. The van der Waals surface area contributed by atoms with E-state index in [1.54, 1.807) is 34.1 Å². The Balaban J connectivity index is 2.00. The molecule has 3 N–H and O–H groups in total. The van der Waals surface area contributed by atoms with Crippen molar-refractivity contribution in [2.45, 2.75) is 50.9 Å². The fourth-order valence-corrected chi connectivity index (χ4v) is 5.56. The average molecular weight is 576 g/mol. The molecule has 222 valence electrons. The summed E-state index contributed by atoms with van der Waals surface area (Å²) in [5.41, 5.74) is 7.75. The summed E-state index contributed by atoms with van der Waals surface area (Å²) in [7, 11) is 1.01. The quantitative estimate of drug-likeness (QED) is 0.313. The molecule has 0 spiro atoms. The predicted molar refractivity (Wildman–Crippen MR) is 159 cm³/mol. The highest BCUT2D eigenvalue weighted by Crippen LogP contribution is 2.39. The van der Waals surface area contributed by atoms with Crippen molar-refractivity contribution < 1.29 is 22.7 Å². The van der Waals surface area contributed by atoms with Crippen molar-refractivity contribution in [3.05, 3.63) is 53.6 Å². The van der Waals surface area contributed by atoms with Crippen molar-refractivity contribution in [3.8, 4) is 0 Å². The van der Waals surface area contributed by atoms with Crippen LogP contribution in [0.5, 0.6) is 0 Å². The third-order valence-electron chi connectivity index (χ3n) is 7.47. The Hall–Kier alpha value is -2.73. The number of rotatable bonds is 16. The van der Waals surface area contributed by atoms with Crippen LogP contribution < -0.4 is 20.3 Å². The van der Waals surface area contributed by atoms with Crippen LogP contribution in [0.1, 0.15) is 43.1 Å². The highest BCUT2D eigenvalue weighted by molar-refractivity contribution is 7.93. The summed E-state index contributed by atoms with van der Waals surface area (Å²) < 4.78 is 37.9. The van der Waals surface area contributed by atoms with Crippen LogP contribution in [0.2, 0.25) is 0 Å². The first-order valence-electron chi connectivity index (χ1n) is 13.8. The van der Waals surface area contributed by atoms with Crippen LogP contribution in [0, 0.1) is 11.8 Å². The fraction of sp³-hybridized carbons (Fsp3) is 0.586. The smallest absolute Gasteiger partial charge is 0.251 e. The summed E-state index contributed by atoms with van der Waals surface area (Å²) in [6.07, 6.45) is 1.64. The van der Waals surface area contributed by atoms with Crippen molar-refractivity contribution in [3.63, 3.8) is 0 Å². The molecule has 0 bridgehead atoms. The molecule has 11 heteroatoms. The number of anilines is 2. The first kappa shape index (κ1) is 31.8. The lowest BCUT2D eigenvalue weighted by Crippen LogP contribution is -2.51. The number of benzene rings is 1. The number of carbonyl (C=O) groups is 1. The van der Waals surface area contributed by atoms with Gasteiger partial charge in [-0.1, -0.05) is 37.3 Å². The Morgan fingerprint density at radius 1 is 1.15 bits per heavy atom. The molecule has 4 atom stereocenters. The van der Waals surface area contributed by atoms with Crippen molar-refractivity contribution in [1.29, 1.82) is 0 Å². The third kappa shape index (κ3) is 8.39. The predicted octanol–water partition coefficient (Wildman–Crippen LogP) is 2.68. The number of sulfonamides is 1. The molecule has 1 heterocycles. The van der Waals surface area contributed by atoms with Crippen LogP contribution in [0.25, 0.3) is 0 Å². The minimum Gasteiger partial charge on any atom is -0.383 e. The SMILES string of the molecule is COCCN(CC1CC1C)c1cc(C(=O)N[C@@H](Cc2ccccc2)C(N)COC)cc(N(C)S(=O)(=O)C(C)C)n1. The van der Waals surface area contributed by atoms with Crippen LogP contribution in [0.3, 0.4) is 0 Å². The molecule has 1 saturated carbocycles. The number of pyridine rings is 1. The average Bonchev–Trinajstić information content (AvgIpc) is 3.64. The number of hydrogen-bond acceptors (Lipinski definition) is 8. The van der Waals surface area contributed by atoms with E-state index < -0.39 is 27.4 Å². The molecule has 1 aromatic heterocycles. The number of ether oxygens (including phenoxy) is 2. The topological polar surface area (TPSA) is 127 Å². The lowest BCUT2D eigenvalue weighted by Gasteiger charge is -2.28. The Morgan fingerprint density at radius 3 is 2.38 bits per heavy atom. The summed E-state index contributed by atoms with van der Waals surface area (Å²) in [6, 6.07) is 12.2. The molecule has 1 fully saturated rings. The number of methoxy groups -OCH3 is 2. The van der Waals surface area contributed by atoms with Gasteiger partial charge in [0, 0.05) is 46.0 Å². The van der Waals surface area contributed by atoms with Crippen LogP contribution in [-0.2, 0) is 25.9 Å². The Bertz CT molecular complexity index is 1210. The molecule has 3 rings (SSSR count). The lowest BCUT2D eigenvalue weighted by atomic mass is 9.99. The Kier molecular flexibility index (Phi) is 11.3. The second kappa shape index (κ2) is 14.2. The summed E-state index contributed by atoms with van der Waals surface area (Å²) in [5, 5.41) is 2.43. The van der Waals surface area contributed by atoms with Crippen LogP contribution in [0.15, 0.2) is 42.5 Å². The summed E-state index contributed by atoms with van der Waals surface area (Å²) in [4.78, 5) is 20.5. The maximum atomic E-state index is 13.7. The standard InChI is InChI=1S/C29H45N5O5S/c1-20(2)40(36,37)33(4)27-16-23(17-28(32-27)34(12-13-38-5)18-24-14-21(24)3)29(35)31-26(25(30)19-39-6)15-22-10-8-7-9-11-22/h7-11,16-17,20-21,24-26H,12-15,18-19,30H2,1-6H3,(H,31,35)/t21?,24?,25?,26-/m0/s1. The van der Waals surface area contributed by atoms with E-state index in [1.165, 1.54) is 13.1 Å². The van der Waals surface area contributed by atoms with Gasteiger partial charge in [0.15, 0.2) is 0 Å². The number of carbonyl (C=O) groups excluding carboxylic acids is 1. The molecule has 1 aromatic carbocycles. The van der Waals surface area contributed by atoms with Crippen LogP contribution >= 0.6 is 0 Å². The second-order valence-electron chi connectivity index (χ2n) is 10.9. The summed E-state index contributed by atoms with van der Waals surface area (Å²) in [6.45, 7) is 7.50. The zero-order valence-corrected chi connectivity index (χ0v) is 25.4. The Labute approximate surface area is 239 Å². The molecule has 3 unspecified atom stereocenters. The van der Waals surface area contributed by atoms with Crippen molar-refractivity contribution in [2.75, 3.05) is 56.8 Å². The molecule has 0 saturated heterocycles. The van der Waals surface area contributed by atoms with Gasteiger partial charge in [0.25, 0.3) is 5.91 Å². The van der Waals surface area contributed by atoms with Crippen LogP contribution in [0.4, 0.5) is 11.6 Å². The molecule has 40 heavy (non-hydrogen) atoms. The van der Waals surface area contributed by atoms with Crippen molar-refractivity contribution in [2.24, 2.45) is 17.6 Å². The van der Waals surface area contributed by atoms with E-state index in [0.29, 0.717) is 42.8 Å². The number of nitrogens with one attached hydrogen (secondary N) is 1. The largest absolute Gasteiger partial charge is 0.383 e. The number of amides is 1. The number of hydrogen-bond donors (Lipinski definition) is 2. The molecule has 0 aliphatic heterocycles. The van der Waals surface area contributed by atoms with E-state index in [-0.39, 0.29) is 18.3 Å². The molecule has 1 aliphatic carbocycles. The van der Waals surface area contributed by atoms with Gasteiger partial charge in [-0.15, -0.1) is 0 Å². The molecular weight excluding hydrogens is 530 g/mol. The normalized spacial score (nSPS) is 18.3. The van der Waals surface area contributed by atoms with Crippen LogP contribution in [-0.4, -0.2) is 84.2 Å². The molecule has 1 aliphatic rings. The third-order valence-corrected chi connectivity index (χ3v) is 9.61. The van der Waals surface area contributed by atoms with Gasteiger partial charge in [0.05, 0.1) is 24.5 Å². The first-order valence-corrected chi connectivity index (χ1v) is 15.3. The molecule has 2 aromatic rings. The molecule has 10 nitrogen and oxygen atoms in total. The van der Waals surface area contributed by atoms with E-state index in [1.807, 2.05) is 30.3 Å². The van der Waals surface area contributed by atoms with Gasteiger partial charge < -0.3 is 25.4 Å². The lowest BCUT2D eigenvalue weighted by molar-refractivity contribution is 0.0913. The number of aromatic nitrogens is 1. The fourth-order valence-electron chi connectivity index (χ4n) is 4.58. The van der Waals surface area contributed by atoms with Crippen molar-refractivity contribution >= 4 is 27.6 Å². The summed E-state index contributed by atoms with van der Waals surface area (Å²) >= 11 is 0. The van der Waals surface area contributed by atoms with Crippen molar-refractivity contribution in [1.82, 2.24) is 10.3 Å². The minimum absolute atomic E-state index is 0.184. The number of nitrogens with two attached hydrogens (primary N) is 1. The van der Waals surface area contributed by atoms with Gasteiger partial charge in [-0.3, -0.25) is 9.10 Å². The summed E-state index contributed by atoms with van der Waals surface area (Å²) in [5.74, 6) is 1.48. The monoisotopic (exact) mass is 575 g/mol. The maximum absolute atomic E-state index is 13.7. The minimum atomic E-state index is -3.68. The van der Waals surface area contributed by atoms with E-state index in [0.717, 1.165) is 22.8 Å². The highest BCUT2D eigenvalue weighted by Gasteiger charge is 2.35. The van der Waals surface area contributed by atoms with E-state index in [4.69, 9.17) is 20.2 Å². The zero-order chi connectivity index (χ0) is 29.4. The molecule has 0 radical (unpaired) electrons. The van der Waals surface area contributed by atoms with E-state index in [9.17, 15) is 13.2 Å². The number of nitrogens with zero attached hydrogens (tertiary/aromatic N) is 3. The molecule has 1 amide bonds. The second-order valence-corrected chi connectivity index (χ2v) is 13.5. The van der Waals surface area contributed by atoms with Gasteiger partial charge in [-0.05, 0) is 56.2 Å². The first-order chi connectivity index (χ1) is 19.0. The van der Waals surface area contributed by atoms with Gasteiger partial charge in [-0.25, -0.2) is 13.4 Å². The van der Waals surface area contributed by atoms with Gasteiger partial charge in [-0.2, -0.15) is 0 Å². The Morgan fingerprint density at radius 2 is 1.80 bits per heavy atom. The van der Waals surface area contributed by atoms with Gasteiger partial charge >= 0.3 is 0 Å². The van der Waals surface area contributed by atoms with Gasteiger partial charge in [0.2, 0.25) is 10.0 Å². The molecular formula is C29H45N5O5S. The highest BCUT2D eigenvalue weighted by atomic mass is 32.2.